The van der Waals surface area contributed by atoms with Crippen LogP contribution in [0.25, 0.3) is 0 Å². The van der Waals surface area contributed by atoms with Gasteiger partial charge in [0.05, 0.1) is 37.4 Å². The smallest absolute Gasteiger partial charge is 0.330 e. The molecule has 0 aromatic heterocycles. The number of carbonyl (C=O) groups is 2. The van der Waals surface area contributed by atoms with Crippen LogP contribution in [0.1, 0.15) is 18.0 Å². The lowest BCUT2D eigenvalue weighted by Gasteiger charge is -2.23. The van der Waals surface area contributed by atoms with Crippen LogP contribution in [0.5, 0.6) is 0 Å². The number of nitrogens with one attached hydrogen (secondary N) is 1. The first-order valence-electron chi connectivity index (χ1n) is 6.64. The first kappa shape index (κ1) is 17.2. The molecule has 2 rings (SSSR count). The summed E-state index contributed by atoms with van der Waals surface area (Å²) in [5, 5.41) is 12.3. The molecule has 6 nitrogen and oxygen atoms in total. The van der Waals surface area contributed by atoms with Crippen molar-refractivity contribution in [3.05, 3.63) is 33.3 Å². The van der Waals surface area contributed by atoms with Gasteiger partial charge in [0.25, 0.3) is 0 Å². The molecule has 2 unspecified atom stereocenters. The number of aliphatic carboxylic acids is 1. The molecular formula is C14H15BrClNO5. The van der Waals surface area contributed by atoms with Crippen LogP contribution < -0.4 is 5.32 Å². The number of carbonyl (C=O) groups excluding carboxylic acids is 1. The number of carboxylic acid groups (broad SMARTS) is 1. The average Bonchev–Trinajstić information content (AvgIpc) is 2.48. The van der Waals surface area contributed by atoms with Crippen LogP contribution in [-0.2, 0) is 19.1 Å². The van der Waals surface area contributed by atoms with Gasteiger partial charge in [0.15, 0.2) is 6.04 Å². The molecule has 2 atom stereocenters. The van der Waals surface area contributed by atoms with E-state index < -0.39 is 17.9 Å². The maximum atomic E-state index is 12.0. The van der Waals surface area contributed by atoms with Gasteiger partial charge >= 0.3 is 5.97 Å². The van der Waals surface area contributed by atoms with E-state index in [1.54, 1.807) is 18.2 Å². The highest BCUT2D eigenvalue weighted by Crippen LogP contribution is 2.26. The summed E-state index contributed by atoms with van der Waals surface area (Å²) in [5.74, 6) is -1.56. The average molecular weight is 393 g/mol. The van der Waals surface area contributed by atoms with E-state index in [9.17, 15) is 14.7 Å². The van der Waals surface area contributed by atoms with Crippen LogP contribution in [0.4, 0.5) is 0 Å². The van der Waals surface area contributed by atoms with E-state index >= 15 is 0 Å². The molecule has 22 heavy (non-hydrogen) atoms. The minimum atomic E-state index is -1.15. The Kier molecular flexibility index (Phi) is 6.19. The topological polar surface area (TPSA) is 84.9 Å². The molecule has 2 N–H and O–H groups in total. The van der Waals surface area contributed by atoms with Gasteiger partial charge in [-0.2, -0.15) is 0 Å². The summed E-state index contributed by atoms with van der Waals surface area (Å²) >= 11 is 9.12. The van der Waals surface area contributed by atoms with E-state index in [-0.39, 0.29) is 12.5 Å². The minimum Gasteiger partial charge on any atom is -0.479 e. The van der Waals surface area contributed by atoms with Crippen molar-refractivity contribution >= 4 is 39.4 Å². The largest absolute Gasteiger partial charge is 0.479 e. The molecule has 0 spiro atoms. The van der Waals surface area contributed by atoms with E-state index in [2.05, 4.69) is 21.2 Å². The fourth-order valence-corrected chi connectivity index (χ4v) is 2.57. The van der Waals surface area contributed by atoms with Crippen molar-refractivity contribution in [1.82, 2.24) is 5.32 Å². The number of hydrogen-bond donors (Lipinski definition) is 2. The standard InChI is InChI=1S/C14H15BrClNO5/c15-10-5-8(1-2-11(10)16)13(14(19)20)17-12(18)6-9-7-21-3-4-22-9/h1-2,5,9,13H,3-4,6-7H2,(H,17,18)(H,19,20). The molecule has 1 aromatic carbocycles. The van der Waals surface area contributed by atoms with E-state index in [4.69, 9.17) is 21.1 Å². The van der Waals surface area contributed by atoms with Gasteiger partial charge in [-0.3, -0.25) is 4.79 Å². The minimum absolute atomic E-state index is 0.0541. The zero-order chi connectivity index (χ0) is 16.1. The van der Waals surface area contributed by atoms with Crippen LogP contribution in [-0.4, -0.2) is 42.9 Å². The quantitative estimate of drug-likeness (QED) is 0.802. The van der Waals surface area contributed by atoms with Crippen molar-refractivity contribution < 1.29 is 24.2 Å². The van der Waals surface area contributed by atoms with Gasteiger partial charge in [-0.1, -0.05) is 17.7 Å². The Balaban J connectivity index is 2.03. The van der Waals surface area contributed by atoms with Gasteiger partial charge in [-0.05, 0) is 33.6 Å². The fourth-order valence-electron chi connectivity index (χ4n) is 2.06. The first-order valence-corrected chi connectivity index (χ1v) is 7.81. The van der Waals surface area contributed by atoms with Gasteiger partial charge in [-0.25, -0.2) is 4.79 Å². The Bertz CT molecular complexity index is 562. The molecule has 1 aromatic rings. The lowest BCUT2D eigenvalue weighted by molar-refractivity contribution is -0.143. The number of amides is 1. The number of halogens is 2. The second-order valence-corrected chi connectivity index (χ2v) is 6.05. The highest BCUT2D eigenvalue weighted by molar-refractivity contribution is 9.10. The second kappa shape index (κ2) is 7.92. The van der Waals surface area contributed by atoms with Gasteiger partial charge < -0.3 is 19.9 Å². The van der Waals surface area contributed by atoms with Gasteiger partial charge in [0, 0.05) is 4.47 Å². The Hall–Kier alpha value is -1.15. The van der Waals surface area contributed by atoms with E-state index in [0.29, 0.717) is 34.9 Å². The maximum absolute atomic E-state index is 12.0. The van der Waals surface area contributed by atoms with E-state index in [0.717, 1.165) is 0 Å². The Morgan fingerprint density at radius 2 is 2.23 bits per heavy atom. The molecule has 1 aliphatic rings. The predicted octanol–water partition coefficient (Wildman–Crippen LogP) is 2.15. The highest BCUT2D eigenvalue weighted by atomic mass is 79.9. The lowest BCUT2D eigenvalue weighted by Crippen LogP contribution is -2.38. The van der Waals surface area contributed by atoms with Crippen molar-refractivity contribution in [3.63, 3.8) is 0 Å². The van der Waals surface area contributed by atoms with Crippen molar-refractivity contribution in [3.8, 4) is 0 Å². The van der Waals surface area contributed by atoms with Crippen LogP contribution >= 0.6 is 27.5 Å². The molecule has 1 fully saturated rings. The van der Waals surface area contributed by atoms with Gasteiger partial charge in [0.1, 0.15) is 0 Å². The molecule has 8 heteroatoms. The molecular weight excluding hydrogens is 378 g/mol. The van der Waals surface area contributed by atoms with Crippen LogP contribution in [0.15, 0.2) is 22.7 Å². The van der Waals surface area contributed by atoms with Crippen molar-refractivity contribution in [2.24, 2.45) is 0 Å². The summed E-state index contributed by atoms with van der Waals surface area (Å²) in [6.45, 7) is 1.27. The molecule has 1 aliphatic heterocycles. The molecule has 0 saturated carbocycles. The first-order chi connectivity index (χ1) is 10.5. The SMILES string of the molecule is O=C(CC1COCCO1)NC(C(=O)O)c1ccc(Cl)c(Br)c1. The second-order valence-electron chi connectivity index (χ2n) is 4.78. The van der Waals surface area contributed by atoms with Crippen molar-refractivity contribution in [2.75, 3.05) is 19.8 Å². The van der Waals surface area contributed by atoms with E-state index in [1.807, 2.05) is 0 Å². The summed E-state index contributed by atoms with van der Waals surface area (Å²) < 4.78 is 11.1. The summed E-state index contributed by atoms with van der Waals surface area (Å²) in [5.41, 5.74) is 0.429. The summed E-state index contributed by atoms with van der Waals surface area (Å²) in [6.07, 6.45) is -0.293. The van der Waals surface area contributed by atoms with Gasteiger partial charge in [-0.15, -0.1) is 0 Å². The molecule has 0 aliphatic carbocycles. The maximum Gasteiger partial charge on any atom is 0.330 e. The number of carboxylic acids is 1. The van der Waals surface area contributed by atoms with Crippen molar-refractivity contribution in [2.45, 2.75) is 18.6 Å². The van der Waals surface area contributed by atoms with Crippen LogP contribution in [0.3, 0.4) is 0 Å². The third-order valence-electron chi connectivity index (χ3n) is 3.13. The van der Waals surface area contributed by atoms with Gasteiger partial charge in [0.2, 0.25) is 5.91 Å². The Morgan fingerprint density at radius 3 is 2.82 bits per heavy atom. The van der Waals surface area contributed by atoms with E-state index in [1.165, 1.54) is 0 Å². The number of hydrogen-bond acceptors (Lipinski definition) is 4. The van der Waals surface area contributed by atoms with Crippen LogP contribution in [0.2, 0.25) is 5.02 Å². The fraction of sp³-hybridized carbons (Fsp3) is 0.429. The monoisotopic (exact) mass is 391 g/mol. The normalized spacial score (nSPS) is 19.5. The molecule has 1 amide bonds. The Labute approximate surface area is 140 Å². The Morgan fingerprint density at radius 1 is 1.45 bits per heavy atom. The molecule has 120 valence electrons. The lowest BCUT2D eigenvalue weighted by atomic mass is 10.1. The number of rotatable bonds is 5. The number of benzene rings is 1. The zero-order valence-corrected chi connectivity index (χ0v) is 13.9. The predicted molar refractivity (Wildman–Crippen MR) is 82.8 cm³/mol. The van der Waals surface area contributed by atoms with Crippen LogP contribution in [0, 0.1) is 0 Å². The summed E-state index contributed by atoms with van der Waals surface area (Å²) in [6, 6.07) is 3.56. The van der Waals surface area contributed by atoms with Crippen molar-refractivity contribution in [1.29, 1.82) is 0 Å². The summed E-state index contributed by atoms with van der Waals surface area (Å²) in [7, 11) is 0. The molecule has 0 bridgehead atoms. The molecule has 1 saturated heterocycles. The zero-order valence-electron chi connectivity index (χ0n) is 11.6. The molecule has 1 heterocycles. The number of ether oxygens (including phenoxy) is 2. The molecule has 0 radical (unpaired) electrons. The highest BCUT2D eigenvalue weighted by Gasteiger charge is 2.25. The summed E-state index contributed by atoms with van der Waals surface area (Å²) in [4.78, 5) is 23.4. The third kappa shape index (κ3) is 4.67. The third-order valence-corrected chi connectivity index (χ3v) is 4.34.